The maximum Gasteiger partial charge on any atom is 0.180 e. The highest BCUT2D eigenvalue weighted by Crippen LogP contribution is 2.22. The Hall–Kier alpha value is -2.50. The molecule has 3 rings (SSSR count). The van der Waals surface area contributed by atoms with E-state index in [2.05, 4.69) is 27.1 Å². The Bertz CT molecular complexity index is 689. The second-order valence-corrected chi connectivity index (χ2v) is 4.45. The maximum atomic E-state index is 5.43. The summed E-state index contributed by atoms with van der Waals surface area (Å²) in [7, 11) is 1.86. The van der Waals surface area contributed by atoms with Crippen molar-refractivity contribution in [1.29, 1.82) is 0 Å². The van der Waals surface area contributed by atoms with Crippen molar-refractivity contribution in [3.8, 4) is 0 Å². The molecule has 6 heteroatoms. The molecule has 3 aromatic rings. The Balaban J connectivity index is 2.03. The molecule has 1 N–H and O–H groups in total. The molecule has 3 heterocycles. The van der Waals surface area contributed by atoms with Gasteiger partial charge in [0.1, 0.15) is 11.6 Å². The van der Waals surface area contributed by atoms with Crippen LogP contribution in [0.1, 0.15) is 12.7 Å². The normalized spacial score (nSPS) is 10.9. The van der Waals surface area contributed by atoms with E-state index in [1.54, 1.807) is 12.5 Å². The Morgan fingerprint density at radius 3 is 3.05 bits per heavy atom. The Morgan fingerprint density at radius 1 is 1.45 bits per heavy atom. The number of fused-ring (bicyclic) bond motifs is 1. The summed E-state index contributed by atoms with van der Waals surface area (Å²) < 4.78 is 7.40. The Morgan fingerprint density at radius 2 is 2.35 bits per heavy atom. The minimum atomic E-state index is 0.673. The standard InChI is InChI=1S/C14H17N5O/c1-3-18(9-11-5-4-8-20-11)14-13-16-6-7-19(13)10-12(15-2)17-14/h4-8,10,15H,3,9H2,1-2H3. The number of nitrogens with zero attached hydrogens (tertiary/aromatic N) is 4. The SMILES string of the molecule is CCN(Cc1ccco1)c1nc(NC)cn2ccnc12. The van der Waals surface area contributed by atoms with E-state index in [1.165, 1.54) is 0 Å². The van der Waals surface area contributed by atoms with E-state index in [-0.39, 0.29) is 0 Å². The van der Waals surface area contributed by atoms with Gasteiger partial charge in [-0.25, -0.2) is 9.97 Å². The minimum Gasteiger partial charge on any atom is -0.467 e. The maximum absolute atomic E-state index is 5.43. The van der Waals surface area contributed by atoms with Gasteiger partial charge in [0.15, 0.2) is 11.5 Å². The third-order valence-corrected chi connectivity index (χ3v) is 3.22. The van der Waals surface area contributed by atoms with E-state index in [0.717, 1.165) is 29.6 Å². The van der Waals surface area contributed by atoms with Gasteiger partial charge in [-0.1, -0.05) is 0 Å². The van der Waals surface area contributed by atoms with Crippen molar-refractivity contribution in [3.63, 3.8) is 0 Å². The van der Waals surface area contributed by atoms with Crippen molar-refractivity contribution in [2.45, 2.75) is 13.5 Å². The number of hydrogen-bond acceptors (Lipinski definition) is 5. The highest BCUT2D eigenvalue weighted by atomic mass is 16.3. The quantitative estimate of drug-likeness (QED) is 0.772. The van der Waals surface area contributed by atoms with Gasteiger partial charge in [-0.2, -0.15) is 0 Å². The van der Waals surface area contributed by atoms with Gasteiger partial charge in [0.05, 0.1) is 19.0 Å². The van der Waals surface area contributed by atoms with Crippen LogP contribution in [-0.2, 0) is 6.54 Å². The van der Waals surface area contributed by atoms with Crippen molar-refractivity contribution < 1.29 is 4.42 Å². The number of rotatable bonds is 5. The van der Waals surface area contributed by atoms with Crippen molar-refractivity contribution in [2.24, 2.45) is 0 Å². The van der Waals surface area contributed by atoms with Crippen LogP contribution in [0, 0.1) is 0 Å². The topological polar surface area (TPSA) is 58.6 Å². The molecule has 0 aliphatic heterocycles. The molecule has 20 heavy (non-hydrogen) atoms. The van der Waals surface area contributed by atoms with Gasteiger partial charge >= 0.3 is 0 Å². The molecule has 0 aromatic carbocycles. The zero-order valence-electron chi connectivity index (χ0n) is 11.6. The van der Waals surface area contributed by atoms with Gasteiger partial charge in [-0.3, -0.25) is 0 Å². The van der Waals surface area contributed by atoms with E-state index in [9.17, 15) is 0 Å². The van der Waals surface area contributed by atoms with Crippen molar-refractivity contribution in [2.75, 3.05) is 23.8 Å². The molecule has 3 aromatic heterocycles. The van der Waals surface area contributed by atoms with E-state index in [4.69, 9.17) is 4.42 Å². The third kappa shape index (κ3) is 2.20. The van der Waals surface area contributed by atoms with Crippen LogP contribution in [0.4, 0.5) is 11.6 Å². The highest BCUT2D eigenvalue weighted by Gasteiger charge is 2.15. The molecule has 0 aliphatic carbocycles. The first-order chi connectivity index (χ1) is 9.81. The predicted octanol–water partition coefficient (Wildman–Crippen LogP) is 2.39. The molecular formula is C14H17N5O. The average Bonchev–Trinajstić information content (AvgIpc) is 3.14. The minimum absolute atomic E-state index is 0.673. The number of nitrogens with one attached hydrogen (secondary N) is 1. The lowest BCUT2D eigenvalue weighted by Crippen LogP contribution is -2.24. The summed E-state index contributed by atoms with van der Waals surface area (Å²) in [5, 5.41) is 3.08. The first-order valence-corrected chi connectivity index (χ1v) is 6.60. The summed E-state index contributed by atoms with van der Waals surface area (Å²) in [5.41, 5.74) is 0.845. The molecule has 0 amide bonds. The van der Waals surface area contributed by atoms with E-state index in [1.807, 2.05) is 36.0 Å². The van der Waals surface area contributed by atoms with E-state index in [0.29, 0.717) is 6.54 Å². The van der Waals surface area contributed by atoms with Crippen molar-refractivity contribution in [3.05, 3.63) is 42.7 Å². The molecule has 104 valence electrons. The Labute approximate surface area is 117 Å². The van der Waals surface area contributed by atoms with Crippen LogP contribution in [0.25, 0.3) is 5.65 Å². The lowest BCUT2D eigenvalue weighted by atomic mass is 10.4. The first kappa shape index (κ1) is 12.5. The van der Waals surface area contributed by atoms with Gasteiger partial charge in [0.25, 0.3) is 0 Å². The van der Waals surface area contributed by atoms with Crippen LogP contribution < -0.4 is 10.2 Å². The molecule has 0 unspecified atom stereocenters. The fourth-order valence-corrected chi connectivity index (χ4v) is 2.17. The van der Waals surface area contributed by atoms with Crippen LogP contribution in [0.5, 0.6) is 0 Å². The monoisotopic (exact) mass is 271 g/mol. The van der Waals surface area contributed by atoms with Gasteiger partial charge in [-0.05, 0) is 19.1 Å². The van der Waals surface area contributed by atoms with Crippen LogP contribution in [-0.4, -0.2) is 28.0 Å². The fourth-order valence-electron chi connectivity index (χ4n) is 2.17. The van der Waals surface area contributed by atoms with Crippen LogP contribution in [0.15, 0.2) is 41.4 Å². The molecule has 0 saturated carbocycles. The number of imidazole rings is 1. The molecule has 0 radical (unpaired) electrons. The number of hydrogen-bond donors (Lipinski definition) is 1. The summed E-state index contributed by atoms with van der Waals surface area (Å²) >= 11 is 0. The zero-order chi connectivity index (χ0) is 13.9. The number of aromatic nitrogens is 3. The molecular weight excluding hydrogens is 254 g/mol. The smallest absolute Gasteiger partial charge is 0.180 e. The predicted molar refractivity (Wildman–Crippen MR) is 78.0 cm³/mol. The average molecular weight is 271 g/mol. The van der Waals surface area contributed by atoms with E-state index >= 15 is 0 Å². The molecule has 0 fully saturated rings. The summed E-state index contributed by atoms with van der Waals surface area (Å²) in [5.74, 6) is 2.57. The summed E-state index contributed by atoms with van der Waals surface area (Å²) in [6.45, 7) is 3.59. The molecule has 0 saturated heterocycles. The molecule has 0 aliphatic rings. The van der Waals surface area contributed by atoms with E-state index < -0.39 is 0 Å². The Kier molecular flexibility index (Phi) is 3.28. The zero-order valence-corrected chi connectivity index (χ0v) is 11.6. The van der Waals surface area contributed by atoms with Gasteiger partial charge in [0.2, 0.25) is 0 Å². The molecule has 0 spiro atoms. The highest BCUT2D eigenvalue weighted by molar-refractivity contribution is 5.66. The molecule has 6 nitrogen and oxygen atoms in total. The lowest BCUT2D eigenvalue weighted by molar-refractivity contribution is 0.503. The van der Waals surface area contributed by atoms with Gasteiger partial charge < -0.3 is 19.0 Å². The van der Waals surface area contributed by atoms with Gasteiger partial charge in [-0.15, -0.1) is 0 Å². The number of anilines is 2. The summed E-state index contributed by atoms with van der Waals surface area (Å²) in [6, 6.07) is 3.86. The molecule has 0 bridgehead atoms. The van der Waals surface area contributed by atoms with Crippen molar-refractivity contribution >= 4 is 17.3 Å². The second kappa shape index (κ2) is 5.24. The summed E-state index contributed by atoms with van der Waals surface area (Å²) in [4.78, 5) is 11.2. The second-order valence-electron chi connectivity index (χ2n) is 4.45. The summed E-state index contributed by atoms with van der Waals surface area (Å²) in [6.07, 6.45) is 7.31. The number of furan rings is 1. The van der Waals surface area contributed by atoms with Crippen LogP contribution >= 0.6 is 0 Å². The van der Waals surface area contributed by atoms with Crippen molar-refractivity contribution in [1.82, 2.24) is 14.4 Å². The van der Waals surface area contributed by atoms with Gasteiger partial charge in [0, 0.05) is 26.0 Å². The van der Waals surface area contributed by atoms with Crippen LogP contribution in [0.3, 0.4) is 0 Å². The largest absolute Gasteiger partial charge is 0.467 e. The first-order valence-electron chi connectivity index (χ1n) is 6.60. The third-order valence-electron chi connectivity index (χ3n) is 3.22. The fraction of sp³-hybridized carbons (Fsp3) is 0.286. The van der Waals surface area contributed by atoms with Crippen LogP contribution in [0.2, 0.25) is 0 Å². The molecule has 0 atom stereocenters. The lowest BCUT2D eigenvalue weighted by Gasteiger charge is -2.21.